The van der Waals surface area contributed by atoms with Crippen LogP contribution in [-0.2, 0) is 0 Å². The normalized spacial score (nSPS) is 14.8. The van der Waals surface area contributed by atoms with E-state index < -0.39 is 0 Å². The molecule has 0 unspecified atom stereocenters. The molecule has 102 valence electrons. The Balaban J connectivity index is 1.77. The van der Waals surface area contributed by atoms with E-state index in [2.05, 4.69) is 30.8 Å². The molecule has 3 aromatic rings. The van der Waals surface area contributed by atoms with Crippen molar-refractivity contribution in [2.45, 2.75) is 29.1 Å². The fourth-order valence-corrected chi connectivity index (χ4v) is 3.67. The van der Waals surface area contributed by atoms with Crippen LogP contribution in [0.3, 0.4) is 0 Å². The first-order valence-electron chi connectivity index (χ1n) is 6.24. The van der Waals surface area contributed by atoms with E-state index in [1.165, 1.54) is 11.8 Å². The highest BCUT2D eigenvalue weighted by atomic mass is 32.2. The molecule has 0 radical (unpaired) electrons. The summed E-state index contributed by atoms with van der Waals surface area (Å²) in [6.07, 6.45) is 2.30. The minimum atomic E-state index is 0.455. The van der Waals surface area contributed by atoms with E-state index in [0.717, 1.165) is 33.2 Å². The van der Waals surface area contributed by atoms with Gasteiger partial charge in [-0.3, -0.25) is 0 Å². The molecule has 1 aliphatic rings. The van der Waals surface area contributed by atoms with Crippen molar-refractivity contribution in [1.82, 2.24) is 30.2 Å². The summed E-state index contributed by atoms with van der Waals surface area (Å²) in [5.41, 5.74) is 0. The van der Waals surface area contributed by atoms with Crippen molar-refractivity contribution < 1.29 is 0 Å². The van der Waals surface area contributed by atoms with Gasteiger partial charge in [0.2, 0.25) is 11.1 Å². The van der Waals surface area contributed by atoms with E-state index >= 15 is 0 Å². The Bertz CT molecular complexity index is 761. The number of anilines is 1. The van der Waals surface area contributed by atoms with Gasteiger partial charge in [0.15, 0.2) is 0 Å². The number of rotatable bonds is 4. The van der Waals surface area contributed by atoms with Crippen LogP contribution in [-0.4, -0.2) is 37.2 Å². The largest absolute Gasteiger partial charge is 0.357 e. The molecule has 1 N–H and O–H groups in total. The van der Waals surface area contributed by atoms with Crippen molar-refractivity contribution >= 4 is 39.3 Å². The minimum absolute atomic E-state index is 0.455. The average molecular weight is 305 g/mol. The predicted molar refractivity (Wildman–Crippen MR) is 77.2 cm³/mol. The monoisotopic (exact) mass is 305 g/mol. The van der Waals surface area contributed by atoms with Crippen molar-refractivity contribution in [2.75, 3.05) is 12.4 Å². The lowest BCUT2D eigenvalue weighted by Gasteiger charge is -2.05. The van der Waals surface area contributed by atoms with E-state index in [9.17, 15) is 0 Å². The van der Waals surface area contributed by atoms with Crippen LogP contribution in [0.15, 0.2) is 21.6 Å². The van der Waals surface area contributed by atoms with E-state index in [4.69, 9.17) is 0 Å². The smallest absolute Gasteiger partial charge is 0.224 e. The molecule has 1 aliphatic carbocycles. The number of nitrogens with one attached hydrogen (secondary N) is 1. The Hall–Kier alpha value is -1.74. The van der Waals surface area contributed by atoms with Crippen LogP contribution in [0.5, 0.6) is 0 Å². The van der Waals surface area contributed by atoms with Crippen molar-refractivity contribution in [3.05, 3.63) is 11.4 Å². The van der Waals surface area contributed by atoms with Gasteiger partial charge < -0.3 is 5.32 Å². The topological polar surface area (TPSA) is 81.4 Å². The number of aromatic nitrogens is 6. The molecule has 3 aromatic heterocycles. The highest BCUT2D eigenvalue weighted by molar-refractivity contribution is 7.99. The fourth-order valence-electron chi connectivity index (χ4n) is 1.91. The molecule has 1 fully saturated rings. The van der Waals surface area contributed by atoms with E-state index in [1.54, 1.807) is 11.3 Å². The van der Waals surface area contributed by atoms with E-state index in [0.29, 0.717) is 12.0 Å². The number of thiophene rings is 1. The van der Waals surface area contributed by atoms with Gasteiger partial charge in [-0.1, -0.05) is 0 Å². The molecule has 0 atom stereocenters. The molecule has 1 saturated carbocycles. The van der Waals surface area contributed by atoms with Crippen LogP contribution < -0.4 is 5.32 Å². The molecule has 0 amide bonds. The number of fused-ring (bicyclic) bond motifs is 1. The number of nitrogens with zero attached hydrogens (tertiary/aromatic N) is 6. The van der Waals surface area contributed by atoms with E-state index in [1.807, 2.05) is 23.2 Å². The molecular formula is C11H11N7S2. The molecule has 9 heteroatoms. The van der Waals surface area contributed by atoms with Crippen LogP contribution in [0.1, 0.15) is 18.9 Å². The Morgan fingerprint density at radius 3 is 3.10 bits per heavy atom. The van der Waals surface area contributed by atoms with Gasteiger partial charge in [0.05, 0.1) is 6.04 Å². The predicted octanol–water partition coefficient (Wildman–Crippen LogP) is 2.21. The molecular weight excluding hydrogens is 294 g/mol. The third kappa shape index (κ3) is 2.02. The quantitative estimate of drug-likeness (QED) is 0.740. The van der Waals surface area contributed by atoms with Gasteiger partial charge in [-0.15, -0.1) is 16.4 Å². The first-order valence-corrected chi connectivity index (χ1v) is 7.93. The molecule has 3 heterocycles. The molecule has 0 saturated heterocycles. The number of hydrogen-bond acceptors (Lipinski definition) is 8. The van der Waals surface area contributed by atoms with Gasteiger partial charge in [0.1, 0.15) is 9.86 Å². The number of hydrogen-bond donors (Lipinski definition) is 1. The zero-order chi connectivity index (χ0) is 13.5. The Kier molecular flexibility index (Phi) is 2.81. The van der Waals surface area contributed by atoms with E-state index in [-0.39, 0.29) is 0 Å². The van der Waals surface area contributed by atoms with Gasteiger partial charge in [-0.05, 0) is 46.5 Å². The van der Waals surface area contributed by atoms with Crippen LogP contribution in [0, 0.1) is 0 Å². The Morgan fingerprint density at radius 2 is 2.30 bits per heavy atom. The Morgan fingerprint density at radius 1 is 1.40 bits per heavy atom. The van der Waals surface area contributed by atoms with Crippen LogP contribution >= 0.6 is 23.1 Å². The zero-order valence-electron chi connectivity index (χ0n) is 10.6. The Labute approximate surface area is 122 Å². The first-order chi connectivity index (χ1) is 9.85. The summed E-state index contributed by atoms with van der Waals surface area (Å²) in [6.45, 7) is 0. The van der Waals surface area contributed by atoms with Crippen molar-refractivity contribution in [2.24, 2.45) is 0 Å². The van der Waals surface area contributed by atoms with Gasteiger partial charge in [-0.2, -0.15) is 0 Å². The summed E-state index contributed by atoms with van der Waals surface area (Å²) in [7, 11) is 1.82. The third-order valence-corrected chi connectivity index (χ3v) is 4.82. The maximum absolute atomic E-state index is 4.53. The summed E-state index contributed by atoms with van der Waals surface area (Å²) in [6, 6.07) is 2.49. The minimum Gasteiger partial charge on any atom is -0.357 e. The van der Waals surface area contributed by atoms with Crippen molar-refractivity contribution in [3.63, 3.8) is 0 Å². The lowest BCUT2D eigenvalue weighted by atomic mass is 10.4. The maximum Gasteiger partial charge on any atom is 0.224 e. The lowest BCUT2D eigenvalue weighted by Crippen LogP contribution is -2.00. The van der Waals surface area contributed by atoms with Crippen LogP contribution in [0.25, 0.3) is 10.2 Å². The molecule has 0 bridgehead atoms. The molecule has 7 nitrogen and oxygen atoms in total. The summed E-state index contributed by atoms with van der Waals surface area (Å²) >= 11 is 3.10. The fraction of sp³-hybridized carbons (Fsp3) is 0.364. The summed E-state index contributed by atoms with van der Waals surface area (Å²) in [4.78, 5) is 9.93. The second-order valence-corrected chi connectivity index (χ2v) is 6.33. The zero-order valence-corrected chi connectivity index (χ0v) is 12.3. The van der Waals surface area contributed by atoms with Gasteiger partial charge in [-0.25, -0.2) is 14.6 Å². The second kappa shape index (κ2) is 4.67. The SMILES string of the molecule is CNc1nc(Sc2nnnn2C2CC2)c2ccsc2n1. The first kappa shape index (κ1) is 12.0. The molecule has 0 aromatic carbocycles. The average Bonchev–Trinajstić information content (AvgIpc) is 3.01. The highest BCUT2D eigenvalue weighted by Crippen LogP contribution is 2.39. The third-order valence-electron chi connectivity index (χ3n) is 3.06. The van der Waals surface area contributed by atoms with Crippen molar-refractivity contribution in [1.29, 1.82) is 0 Å². The van der Waals surface area contributed by atoms with Gasteiger partial charge >= 0.3 is 0 Å². The molecule has 4 rings (SSSR count). The van der Waals surface area contributed by atoms with Gasteiger partial charge in [0, 0.05) is 12.4 Å². The maximum atomic E-state index is 4.53. The molecule has 0 spiro atoms. The number of tetrazole rings is 1. The van der Waals surface area contributed by atoms with Crippen LogP contribution in [0.4, 0.5) is 5.95 Å². The lowest BCUT2D eigenvalue weighted by molar-refractivity contribution is 0.565. The summed E-state index contributed by atoms with van der Waals surface area (Å²) in [5.74, 6) is 0.618. The highest BCUT2D eigenvalue weighted by Gasteiger charge is 2.28. The standard InChI is InChI=1S/C11H11N7S2/c1-12-10-13-8-7(4-5-19-8)9(14-10)20-11-15-16-17-18(11)6-2-3-6/h4-6H,2-3H2,1H3,(H,12,13,14). The summed E-state index contributed by atoms with van der Waals surface area (Å²) < 4.78 is 1.89. The molecule has 0 aliphatic heterocycles. The van der Waals surface area contributed by atoms with Crippen molar-refractivity contribution in [3.8, 4) is 0 Å². The van der Waals surface area contributed by atoms with Gasteiger partial charge in [0.25, 0.3) is 0 Å². The second-order valence-electron chi connectivity index (χ2n) is 4.48. The molecule has 20 heavy (non-hydrogen) atoms. The van der Waals surface area contributed by atoms with Crippen LogP contribution in [0.2, 0.25) is 0 Å². The summed E-state index contributed by atoms with van der Waals surface area (Å²) in [5, 5.41) is 19.7.